The first-order valence-electron chi connectivity index (χ1n) is 5.28. The van der Waals surface area contributed by atoms with Crippen LogP contribution in [0, 0.1) is 11.6 Å². The maximum atomic E-state index is 13.5. The van der Waals surface area contributed by atoms with Crippen molar-refractivity contribution in [2.75, 3.05) is 0 Å². The molecule has 0 saturated heterocycles. The first-order chi connectivity index (χ1) is 8.65. The molecule has 0 aliphatic rings. The van der Waals surface area contributed by atoms with Crippen LogP contribution in [0.4, 0.5) is 8.78 Å². The molecule has 90 valence electrons. The number of hydrogen-bond acceptors (Lipinski definition) is 2. The average Bonchev–Trinajstić information content (AvgIpc) is 2.74. The zero-order valence-corrected chi connectivity index (χ0v) is 9.11. The van der Waals surface area contributed by atoms with Crippen molar-refractivity contribution in [3.63, 3.8) is 0 Å². The summed E-state index contributed by atoms with van der Waals surface area (Å²) in [6.45, 7) is 0. The van der Waals surface area contributed by atoms with Gasteiger partial charge in [0.05, 0.1) is 11.1 Å². The smallest absolute Gasteiger partial charge is 0.151 e. The van der Waals surface area contributed by atoms with Crippen LogP contribution in [0.2, 0.25) is 0 Å². The minimum absolute atomic E-state index is 0.191. The van der Waals surface area contributed by atoms with Crippen LogP contribution in [-0.2, 0) is 0 Å². The molecule has 0 unspecified atom stereocenters. The maximum absolute atomic E-state index is 13.5. The lowest BCUT2D eigenvalue weighted by Gasteiger charge is -2.00. The Morgan fingerprint density at radius 2 is 1.94 bits per heavy atom. The molecule has 0 aliphatic heterocycles. The third-order valence-corrected chi connectivity index (χ3v) is 2.68. The predicted molar refractivity (Wildman–Crippen MR) is 63.1 cm³/mol. The van der Waals surface area contributed by atoms with Gasteiger partial charge in [-0.15, -0.1) is 0 Å². The molecule has 0 atom stereocenters. The van der Waals surface area contributed by atoms with Crippen molar-refractivity contribution in [1.82, 2.24) is 9.97 Å². The first kappa shape index (κ1) is 10.7. The molecule has 3 aromatic rings. The molecule has 0 radical (unpaired) electrons. The molecule has 1 heterocycles. The topological polar surface area (TPSA) is 48.9 Å². The Bertz CT molecular complexity index is 737. The van der Waals surface area contributed by atoms with Gasteiger partial charge in [0.15, 0.2) is 5.82 Å². The minimum Gasteiger partial charge on any atom is -0.507 e. The average molecular weight is 246 g/mol. The number of aromatic nitrogens is 2. The Labute approximate surface area is 101 Å². The number of para-hydroxylation sites is 1. The van der Waals surface area contributed by atoms with Crippen molar-refractivity contribution in [3.8, 4) is 17.1 Å². The van der Waals surface area contributed by atoms with E-state index in [-0.39, 0.29) is 11.3 Å². The summed E-state index contributed by atoms with van der Waals surface area (Å²) < 4.78 is 26.4. The van der Waals surface area contributed by atoms with Crippen LogP contribution in [-0.4, -0.2) is 15.1 Å². The minimum atomic E-state index is -0.543. The summed E-state index contributed by atoms with van der Waals surface area (Å²) in [4.78, 5) is 6.94. The maximum Gasteiger partial charge on any atom is 0.151 e. The summed E-state index contributed by atoms with van der Waals surface area (Å²) in [5.41, 5.74) is 1.04. The molecule has 0 saturated carbocycles. The van der Waals surface area contributed by atoms with Crippen molar-refractivity contribution in [2.24, 2.45) is 0 Å². The highest BCUT2D eigenvalue weighted by atomic mass is 19.1. The van der Waals surface area contributed by atoms with Crippen LogP contribution >= 0.6 is 0 Å². The molecule has 0 fully saturated rings. The van der Waals surface area contributed by atoms with E-state index in [1.807, 2.05) is 0 Å². The van der Waals surface area contributed by atoms with Gasteiger partial charge in [0.1, 0.15) is 22.9 Å². The Hall–Kier alpha value is -2.43. The standard InChI is InChI=1S/C13H8F2N2O/c14-7-4-5-8(11(18)6-7)13-16-10-3-1-2-9(15)12(10)17-13/h1-6,18H,(H,16,17). The van der Waals surface area contributed by atoms with E-state index in [1.54, 1.807) is 12.1 Å². The van der Waals surface area contributed by atoms with Crippen LogP contribution in [0.25, 0.3) is 22.4 Å². The Morgan fingerprint density at radius 1 is 1.11 bits per heavy atom. The van der Waals surface area contributed by atoms with Crippen LogP contribution in [0.1, 0.15) is 0 Å². The fraction of sp³-hybridized carbons (Fsp3) is 0. The highest BCUT2D eigenvalue weighted by molar-refractivity contribution is 5.81. The molecule has 2 aromatic carbocycles. The number of hydrogen-bond donors (Lipinski definition) is 2. The SMILES string of the molecule is Oc1cc(F)ccc1-c1nc2c(F)cccc2[nH]1. The Balaban J connectivity index is 2.23. The summed E-state index contributed by atoms with van der Waals surface area (Å²) >= 11 is 0. The number of H-pyrrole nitrogens is 1. The van der Waals surface area contributed by atoms with E-state index in [0.29, 0.717) is 16.9 Å². The van der Waals surface area contributed by atoms with Gasteiger partial charge in [0.2, 0.25) is 0 Å². The largest absolute Gasteiger partial charge is 0.507 e. The van der Waals surface area contributed by atoms with Crippen LogP contribution in [0.5, 0.6) is 5.75 Å². The second-order valence-electron chi connectivity index (χ2n) is 3.88. The number of nitrogens with zero attached hydrogens (tertiary/aromatic N) is 1. The van der Waals surface area contributed by atoms with Crippen molar-refractivity contribution in [3.05, 3.63) is 48.0 Å². The van der Waals surface area contributed by atoms with E-state index in [4.69, 9.17) is 0 Å². The number of nitrogens with one attached hydrogen (secondary N) is 1. The summed E-state index contributed by atoms with van der Waals surface area (Å²) in [6, 6.07) is 8.12. The molecule has 18 heavy (non-hydrogen) atoms. The zero-order chi connectivity index (χ0) is 12.7. The quantitative estimate of drug-likeness (QED) is 0.692. The van der Waals surface area contributed by atoms with E-state index in [0.717, 1.165) is 6.07 Å². The molecule has 3 rings (SSSR count). The summed E-state index contributed by atoms with van der Waals surface area (Å²) in [7, 11) is 0. The Kier molecular flexibility index (Phi) is 2.26. The number of aromatic amines is 1. The molecule has 2 N–H and O–H groups in total. The first-order valence-corrected chi connectivity index (χ1v) is 5.28. The van der Waals surface area contributed by atoms with Gasteiger partial charge in [-0.3, -0.25) is 0 Å². The number of aromatic hydroxyl groups is 1. The van der Waals surface area contributed by atoms with Gasteiger partial charge in [0, 0.05) is 6.07 Å². The second kappa shape index (κ2) is 3.80. The molecule has 3 nitrogen and oxygen atoms in total. The van der Waals surface area contributed by atoms with Crippen molar-refractivity contribution < 1.29 is 13.9 Å². The van der Waals surface area contributed by atoms with Crippen LogP contribution < -0.4 is 0 Å². The van der Waals surface area contributed by atoms with E-state index in [9.17, 15) is 13.9 Å². The van der Waals surface area contributed by atoms with Gasteiger partial charge in [-0.25, -0.2) is 13.8 Å². The van der Waals surface area contributed by atoms with E-state index < -0.39 is 11.6 Å². The Morgan fingerprint density at radius 3 is 2.67 bits per heavy atom. The molecule has 0 aliphatic carbocycles. The molecular formula is C13H8F2N2O. The number of phenols is 1. The van der Waals surface area contributed by atoms with Crippen LogP contribution in [0.3, 0.4) is 0 Å². The molecule has 1 aromatic heterocycles. The monoisotopic (exact) mass is 246 g/mol. The van der Waals surface area contributed by atoms with Crippen LogP contribution in [0.15, 0.2) is 36.4 Å². The fourth-order valence-electron chi connectivity index (χ4n) is 1.83. The van der Waals surface area contributed by atoms with Crippen molar-refractivity contribution in [1.29, 1.82) is 0 Å². The van der Waals surface area contributed by atoms with Gasteiger partial charge in [-0.2, -0.15) is 0 Å². The predicted octanol–water partition coefficient (Wildman–Crippen LogP) is 3.21. The highest BCUT2D eigenvalue weighted by Crippen LogP contribution is 2.29. The van der Waals surface area contributed by atoms with E-state index in [1.165, 1.54) is 18.2 Å². The van der Waals surface area contributed by atoms with Gasteiger partial charge in [-0.05, 0) is 24.3 Å². The van der Waals surface area contributed by atoms with E-state index in [2.05, 4.69) is 9.97 Å². The molecule has 0 amide bonds. The third kappa shape index (κ3) is 1.60. The number of imidazole rings is 1. The number of phenolic OH excluding ortho intramolecular Hbond substituents is 1. The molecular weight excluding hydrogens is 238 g/mol. The summed E-state index contributed by atoms with van der Waals surface area (Å²) in [5.74, 6) is -0.933. The lowest BCUT2D eigenvalue weighted by Crippen LogP contribution is -1.83. The highest BCUT2D eigenvalue weighted by Gasteiger charge is 2.12. The lowest BCUT2D eigenvalue weighted by atomic mass is 10.2. The number of benzene rings is 2. The van der Waals surface area contributed by atoms with Gasteiger partial charge < -0.3 is 10.1 Å². The number of fused-ring (bicyclic) bond motifs is 1. The number of halogens is 2. The normalized spacial score (nSPS) is 11.0. The van der Waals surface area contributed by atoms with Crippen molar-refractivity contribution >= 4 is 11.0 Å². The van der Waals surface area contributed by atoms with Crippen molar-refractivity contribution in [2.45, 2.75) is 0 Å². The lowest BCUT2D eigenvalue weighted by molar-refractivity contribution is 0.471. The fourth-order valence-corrected chi connectivity index (χ4v) is 1.83. The molecule has 0 spiro atoms. The third-order valence-electron chi connectivity index (χ3n) is 2.68. The summed E-state index contributed by atoms with van der Waals surface area (Å²) in [5, 5.41) is 9.65. The van der Waals surface area contributed by atoms with Gasteiger partial charge in [-0.1, -0.05) is 6.07 Å². The molecule has 0 bridgehead atoms. The van der Waals surface area contributed by atoms with Gasteiger partial charge >= 0.3 is 0 Å². The second-order valence-corrected chi connectivity index (χ2v) is 3.88. The van der Waals surface area contributed by atoms with Gasteiger partial charge in [0.25, 0.3) is 0 Å². The van der Waals surface area contributed by atoms with E-state index >= 15 is 0 Å². The zero-order valence-electron chi connectivity index (χ0n) is 9.11. The number of rotatable bonds is 1. The molecule has 5 heteroatoms. The summed E-state index contributed by atoms with van der Waals surface area (Å²) in [6.07, 6.45) is 0.